The maximum Gasteiger partial charge on any atom is 0.338 e. The summed E-state index contributed by atoms with van der Waals surface area (Å²) < 4.78 is 6.88. The zero-order valence-electron chi connectivity index (χ0n) is 15.6. The van der Waals surface area contributed by atoms with Gasteiger partial charge in [-0.2, -0.15) is 4.98 Å². The molecule has 1 fully saturated rings. The monoisotopic (exact) mass is 375 g/mol. The van der Waals surface area contributed by atoms with Crippen LogP contribution in [0.3, 0.4) is 0 Å². The van der Waals surface area contributed by atoms with Crippen LogP contribution in [-0.2, 0) is 10.2 Å². The Kier molecular flexibility index (Phi) is 3.82. The number of aromatic nitrogens is 4. The second kappa shape index (κ2) is 6.37. The molecule has 0 amide bonds. The molecule has 28 heavy (non-hydrogen) atoms. The fourth-order valence-corrected chi connectivity index (χ4v) is 3.67. The number of hydrogen-bond donors (Lipinski definition) is 2. The van der Waals surface area contributed by atoms with Gasteiger partial charge in [0.1, 0.15) is 0 Å². The van der Waals surface area contributed by atoms with Crippen molar-refractivity contribution < 1.29 is 9.53 Å². The molecule has 0 bridgehead atoms. The smallest absolute Gasteiger partial charge is 0.338 e. The van der Waals surface area contributed by atoms with E-state index in [1.807, 2.05) is 16.6 Å². The van der Waals surface area contributed by atoms with Crippen LogP contribution in [0.15, 0.2) is 48.5 Å². The van der Waals surface area contributed by atoms with Crippen molar-refractivity contribution in [2.45, 2.75) is 25.2 Å². The number of hydrogen-bond acceptors (Lipinski definition) is 5. The molecule has 1 saturated carbocycles. The summed E-state index contributed by atoms with van der Waals surface area (Å²) in [5.74, 6) is 0.927. The topological polar surface area (TPSA) is 84.3 Å². The first kappa shape index (κ1) is 16.8. The van der Waals surface area contributed by atoms with Crippen molar-refractivity contribution >= 4 is 28.7 Å². The van der Waals surface area contributed by atoms with Gasteiger partial charge >= 0.3 is 5.97 Å². The molecule has 5 rings (SSSR count). The van der Waals surface area contributed by atoms with Crippen LogP contribution in [0, 0.1) is 0 Å². The predicted molar refractivity (Wildman–Crippen MR) is 107 cm³/mol. The van der Waals surface area contributed by atoms with Gasteiger partial charge in [-0.3, -0.25) is 5.10 Å². The highest BCUT2D eigenvalue weighted by molar-refractivity contribution is 5.94. The highest BCUT2D eigenvalue weighted by atomic mass is 16.5. The lowest BCUT2D eigenvalue weighted by molar-refractivity contribution is 0.0526. The SMILES string of the molecule is CCOC(=O)c1ccc2c(c1)nc1nc(NCC3(c4ccccc4)CC3)[nH]n12. The fourth-order valence-electron chi connectivity index (χ4n) is 3.67. The van der Waals surface area contributed by atoms with Crippen molar-refractivity contribution in [3.63, 3.8) is 0 Å². The van der Waals surface area contributed by atoms with Gasteiger partial charge in [0.05, 0.1) is 23.2 Å². The summed E-state index contributed by atoms with van der Waals surface area (Å²) in [6.07, 6.45) is 2.36. The summed E-state index contributed by atoms with van der Waals surface area (Å²) in [5.41, 5.74) is 3.64. The Morgan fingerprint density at radius 1 is 1.21 bits per heavy atom. The normalized spacial score (nSPS) is 15.0. The van der Waals surface area contributed by atoms with E-state index in [-0.39, 0.29) is 11.4 Å². The molecule has 2 heterocycles. The van der Waals surface area contributed by atoms with Crippen LogP contribution in [0.1, 0.15) is 35.7 Å². The van der Waals surface area contributed by atoms with Crippen molar-refractivity contribution in [1.82, 2.24) is 19.6 Å². The predicted octanol–water partition coefficient (Wildman–Crippen LogP) is 3.53. The van der Waals surface area contributed by atoms with Crippen molar-refractivity contribution in [2.24, 2.45) is 0 Å². The van der Waals surface area contributed by atoms with Crippen LogP contribution in [0.2, 0.25) is 0 Å². The molecule has 2 aromatic heterocycles. The van der Waals surface area contributed by atoms with Crippen molar-refractivity contribution in [2.75, 3.05) is 18.5 Å². The number of benzene rings is 2. The quantitative estimate of drug-likeness (QED) is 0.504. The molecule has 142 valence electrons. The van der Waals surface area contributed by atoms with E-state index in [4.69, 9.17) is 4.74 Å². The number of carbonyl (C=O) groups excluding carboxylic acids is 1. The molecular formula is C21H21N5O2. The molecule has 2 N–H and O–H groups in total. The molecule has 4 aromatic rings. The van der Waals surface area contributed by atoms with E-state index in [1.54, 1.807) is 19.1 Å². The Hall–Kier alpha value is -3.35. The van der Waals surface area contributed by atoms with Gasteiger partial charge in [0, 0.05) is 12.0 Å². The first-order valence-corrected chi connectivity index (χ1v) is 9.53. The van der Waals surface area contributed by atoms with E-state index in [0.717, 1.165) is 12.1 Å². The minimum absolute atomic E-state index is 0.201. The van der Waals surface area contributed by atoms with Gasteiger partial charge in [-0.1, -0.05) is 30.3 Å². The van der Waals surface area contributed by atoms with Crippen LogP contribution >= 0.6 is 0 Å². The second-order valence-corrected chi connectivity index (χ2v) is 7.24. The van der Waals surface area contributed by atoms with Crippen LogP contribution in [0.5, 0.6) is 0 Å². The molecule has 0 atom stereocenters. The lowest BCUT2D eigenvalue weighted by atomic mass is 9.96. The lowest BCUT2D eigenvalue weighted by Crippen LogP contribution is -2.20. The highest BCUT2D eigenvalue weighted by Crippen LogP contribution is 2.47. The maximum absolute atomic E-state index is 11.9. The van der Waals surface area contributed by atoms with Gasteiger partial charge in [-0.15, -0.1) is 0 Å². The molecule has 0 saturated heterocycles. The summed E-state index contributed by atoms with van der Waals surface area (Å²) in [5, 5.41) is 6.69. The standard InChI is InChI=1S/C21H21N5O2/c1-2-28-18(27)14-8-9-17-16(12-14)23-20-24-19(25-26(17)20)22-13-21(10-11-21)15-6-4-3-5-7-15/h3-9,12H,2,10-11,13H2,1H3,(H2,22,23,24,25). The minimum atomic E-state index is -0.341. The van der Waals surface area contributed by atoms with Crippen LogP contribution < -0.4 is 5.32 Å². The zero-order valence-corrected chi connectivity index (χ0v) is 15.6. The molecule has 0 aliphatic heterocycles. The van der Waals surface area contributed by atoms with E-state index in [2.05, 4.69) is 44.6 Å². The second-order valence-electron chi connectivity index (χ2n) is 7.24. The van der Waals surface area contributed by atoms with E-state index < -0.39 is 0 Å². The number of fused-ring (bicyclic) bond motifs is 3. The maximum atomic E-state index is 11.9. The Morgan fingerprint density at radius 2 is 2.04 bits per heavy atom. The van der Waals surface area contributed by atoms with E-state index in [9.17, 15) is 4.79 Å². The first-order chi connectivity index (χ1) is 13.7. The van der Waals surface area contributed by atoms with E-state index in [1.165, 1.54) is 18.4 Å². The molecule has 2 aromatic carbocycles. The Labute approximate surface area is 161 Å². The third-order valence-electron chi connectivity index (χ3n) is 5.41. The zero-order chi connectivity index (χ0) is 19.1. The van der Waals surface area contributed by atoms with Gasteiger partial charge in [-0.25, -0.2) is 14.3 Å². The largest absolute Gasteiger partial charge is 0.462 e. The van der Waals surface area contributed by atoms with Crippen LogP contribution in [0.4, 0.5) is 5.95 Å². The summed E-state index contributed by atoms with van der Waals surface area (Å²) in [7, 11) is 0. The lowest BCUT2D eigenvalue weighted by Gasteiger charge is -2.15. The Morgan fingerprint density at radius 3 is 2.79 bits per heavy atom. The molecular weight excluding hydrogens is 354 g/mol. The van der Waals surface area contributed by atoms with Crippen molar-refractivity contribution in [1.29, 1.82) is 0 Å². The number of anilines is 1. The number of H-pyrrole nitrogens is 1. The summed E-state index contributed by atoms with van der Waals surface area (Å²) in [6.45, 7) is 2.97. The molecule has 1 aliphatic rings. The highest BCUT2D eigenvalue weighted by Gasteiger charge is 2.44. The number of nitrogens with zero attached hydrogens (tertiary/aromatic N) is 3. The molecule has 0 unspecified atom stereocenters. The van der Waals surface area contributed by atoms with Gasteiger partial charge in [0.2, 0.25) is 5.95 Å². The molecule has 1 aliphatic carbocycles. The Bertz CT molecular complexity index is 1160. The van der Waals surface area contributed by atoms with Gasteiger partial charge in [0.15, 0.2) is 0 Å². The van der Waals surface area contributed by atoms with Gasteiger partial charge < -0.3 is 10.1 Å². The third-order valence-corrected chi connectivity index (χ3v) is 5.41. The summed E-state index contributed by atoms with van der Waals surface area (Å²) >= 11 is 0. The number of nitrogens with one attached hydrogen (secondary N) is 2. The average molecular weight is 375 g/mol. The molecule has 7 nitrogen and oxygen atoms in total. The molecule has 0 spiro atoms. The number of imidazole rings is 1. The van der Waals surface area contributed by atoms with E-state index >= 15 is 0 Å². The summed E-state index contributed by atoms with van der Waals surface area (Å²) in [4.78, 5) is 21.0. The number of aromatic amines is 1. The summed E-state index contributed by atoms with van der Waals surface area (Å²) in [6, 6.07) is 16.0. The molecule has 0 radical (unpaired) electrons. The van der Waals surface area contributed by atoms with Gasteiger partial charge in [0.25, 0.3) is 5.78 Å². The third kappa shape index (κ3) is 2.79. The van der Waals surface area contributed by atoms with Crippen LogP contribution in [0.25, 0.3) is 16.8 Å². The van der Waals surface area contributed by atoms with Crippen molar-refractivity contribution in [3.05, 3.63) is 59.7 Å². The Balaban J connectivity index is 1.38. The number of ether oxygens (including phenoxy) is 1. The number of rotatable bonds is 6. The van der Waals surface area contributed by atoms with Crippen molar-refractivity contribution in [3.8, 4) is 0 Å². The van der Waals surface area contributed by atoms with Gasteiger partial charge in [-0.05, 0) is 43.5 Å². The number of esters is 1. The van der Waals surface area contributed by atoms with Crippen LogP contribution in [-0.4, -0.2) is 38.7 Å². The minimum Gasteiger partial charge on any atom is -0.462 e. The van der Waals surface area contributed by atoms with E-state index in [0.29, 0.717) is 29.4 Å². The molecule has 7 heteroatoms. The number of carbonyl (C=O) groups is 1. The average Bonchev–Trinajstić information content (AvgIpc) is 3.30. The fraction of sp³-hybridized carbons (Fsp3) is 0.286. The first-order valence-electron chi connectivity index (χ1n) is 9.53.